The van der Waals surface area contributed by atoms with Crippen LogP contribution in [-0.4, -0.2) is 57.2 Å². The van der Waals surface area contributed by atoms with Gasteiger partial charge in [-0.1, -0.05) is 26.0 Å². The Bertz CT molecular complexity index is 932. The molecule has 1 aromatic heterocycles. The summed E-state index contributed by atoms with van der Waals surface area (Å²) in [6.07, 6.45) is -0.683. The molecule has 1 aliphatic heterocycles. The highest BCUT2D eigenvalue weighted by atomic mass is 16.7. The van der Waals surface area contributed by atoms with Gasteiger partial charge in [0.05, 0.1) is 0 Å². The molecule has 0 bridgehead atoms. The molecule has 2 aromatic rings. The Labute approximate surface area is 194 Å². The fourth-order valence-electron chi connectivity index (χ4n) is 3.89. The lowest BCUT2D eigenvalue weighted by atomic mass is 9.91. The first-order valence-corrected chi connectivity index (χ1v) is 11.1. The number of benzene rings is 1. The maximum atomic E-state index is 12.3. The normalized spacial score (nSPS) is 19.6. The van der Waals surface area contributed by atoms with Crippen molar-refractivity contribution in [1.29, 1.82) is 0 Å². The first-order chi connectivity index (χ1) is 15.6. The number of hydrogen-bond acceptors (Lipinski definition) is 8. The van der Waals surface area contributed by atoms with E-state index in [4.69, 9.17) is 15.3 Å². The van der Waals surface area contributed by atoms with Gasteiger partial charge in [0.2, 0.25) is 0 Å². The van der Waals surface area contributed by atoms with Gasteiger partial charge in [-0.05, 0) is 55.7 Å². The van der Waals surface area contributed by atoms with E-state index in [9.17, 15) is 15.1 Å². The molecule has 0 radical (unpaired) electrons. The highest BCUT2D eigenvalue weighted by molar-refractivity contribution is 5.77. The van der Waals surface area contributed by atoms with Gasteiger partial charge in [0.25, 0.3) is 5.91 Å². The van der Waals surface area contributed by atoms with Crippen LogP contribution in [0.4, 0.5) is 0 Å². The number of ether oxygens (including phenoxy) is 1. The Balaban J connectivity index is 1.61. The van der Waals surface area contributed by atoms with Crippen LogP contribution < -0.4 is 10.5 Å². The number of aliphatic hydroxyl groups is 1. The number of aliphatic hydroxyl groups excluding tert-OH is 1. The molecule has 1 amide bonds. The van der Waals surface area contributed by atoms with Crippen molar-refractivity contribution in [3.05, 3.63) is 58.9 Å². The van der Waals surface area contributed by atoms with E-state index in [1.54, 1.807) is 13.8 Å². The van der Waals surface area contributed by atoms with Crippen LogP contribution in [0.3, 0.4) is 0 Å². The molecule has 9 heteroatoms. The predicted octanol–water partition coefficient (Wildman–Crippen LogP) is 2.26. The van der Waals surface area contributed by atoms with Crippen molar-refractivity contribution in [2.75, 3.05) is 19.6 Å². The minimum atomic E-state index is -1.27. The smallest absolute Gasteiger partial charge is 0.265 e. The van der Waals surface area contributed by atoms with E-state index in [0.717, 1.165) is 28.3 Å². The molecule has 1 fully saturated rings. The molecule has 0 spiro atoms. The van der Waals surface area contributed by atoms with Crippen molar-refractivity contribution in [1.82, 2.24) is 15.1 Å². The van der Waals surface area contributed by atoms with Crippen molar-refractivity contribution in [3.8, 4) is 5.75 Å². The quantitative estimate of drug-likeness (QED) is 0.297. The molecule has 0 saturated carbocycles. The van der Waals surface area contributed by atoms with Crippen molar-refractivity contribution in [3.63, 3.8) is 0 Å². The average molecular weight is 459 g/mol. The summed E-state index contributed by atoms with van der Waals surface area (Å²) in [4.78, 5) is 22.7. The average Bonchev–Trinajstić information content (AvgIpc) is 3.20. The number of pyridine rings is 1. The Morgan fingerprint density at radius 1 is 1.27 bits per heavy atom. The molecular weight excluding hydrogens is 424 g/mol. The molecule has 1 unspecified atom stereocenters. The van der Waals surface area contributed by atoms with Crippen molar-refractivity contribution < 1.29 is 24.7 Å². The number of nitrogens with zero attached hydrogens (tertiary/aromatic N) is 3. The number of hydrogen-bond donors (Lipinski definition) is 3. The zero-order valence-corrected chi connectivity index (χ0v) is 19.7. The van der Waals surface area contributed by atoms with Crippen LogP contribution in [0, 0.1) is 19.8 Å². The Kier molecular flexibility index (Phi) is 8.04. The molecule has 3 rings (SSSR count). The first-order valence-electron chi connectivity index (χ1n) is 11.1. The zero-order chi connectivity index (χ0) is 24.2. The van der Waals surface area contributed by atoms with E-state index in [0.29, 0.717) is 24.6 Å². The van der Waals surface area contributed by atoms with E-state index in [1.807, 2.05) is 50.2 Å². The molecule has 1 aliphatic rings. The maximum Gasteiger partial charge on any atom is 0.265 e. The van der Waals surface area contributed by atoms with E-state index < -0.39 is 17.7 Å². The van der Waals surface area contributed by atoms with Gasteiger partial charge in [0.1, 0.15) is 24.5 Å². The summed E-state index contributed by atoms with van der Waals surface area (Å²) >= 11 is 0. The van der Waals surface area contributed by atoms with E-state index in [-0.39, 0.29) is 19.0 Å². The third-order valence-electron chi connectivity index (χ3n) is 5.74. The minimum absolute atomic E-state index is 0.187. The molecule has 0 aliphatic carbocycles. The minimum Gasteiger partial charge on any atom is -0.489 e. The van der Waals surface area contributed by atoms with Gasteiger partial charge in [0.15, 0.2) is 6.23 Å². The fraction of sp³-hybridized carbons (Fsp3) is 0.500. The number of hydroxylamine groups is 4. The second-order valence-electron chi connectivity index (χ2n) is 8.87. The third-order valence-corrected chi connectivity index (χ3v) is 5.74. The molecule has 4 N–H and O–H groups in total. The van der Waals surface area contributed by atoms with Crippen LogP contribution in [-0.2, 0) is 21.8 Å². The van der Waals surface area contributed by atoms with Crippen LogP contribution in [0.5, 0.6) is 5.75 Å². The monoisotopic (exact) mass is 458 g/mol. The summed E-state index contributed by atoms with van der Waals surface area (Å²) in [6, 6.07) is 11.6. The Hall–Kier alpha value is -2.56. The number of rotatable bonds is 9. The topological polar surface area (TPSA) is 121 Å². The summed E-state index contributed by atoms with van der Waals surface area (Å²) in [5, 5.41) is 21.7. The fourth-order valence-corrected chi connectivity index (χ4v) is 3.89. The van der Waals surface area contributed by atoms with Gasteiger partial charge in [-0.25, -0.2) is 0 Å². The number of amides is 1. The van der Waals surface area contributed by atoms with Crippen molar-refractivity contribution >= 4 is 5.91 Å². The summed E-state index contributed by atoms with van der Waals surface area (Å²) in [5.41, 5.74) is 9.15. The van der Waals surface area contributed by atoms with Gasteiger partial charge in [-0.15, -0.1) is 0 Å². The van der Waals surface area contributed by atoms with Crippen molar-refractivity contribution in [2.24, 2.45) is 11.7 Å². The molecule has 2 heterocycles. The molecule has 9 nitrogen and oxygen atoms in total. The lowest BCUT2D eigenvalue weighted by molar-refractivity contribution is -0.232. The van der Waals surface area contributed by atoms with Gasteiger partial charge >= 0.3 is 0 Å². The van der Waals surface area contributed by atoms with E-state index in [1.165, 1.54) is 5.06 Å². The van der Waals surface area contributed by atoms with Crippen LogP contribution >= 0.6 is 0 Å². The summed E-state index contributed by atoms with van der Waals surface area (Å²) in [6.45, 7) is 8.28. The molecule has 180 valence electrons. The van der Waals surface area contributed by atoms with Crippen molar-refractivity contribution in [2.45, 2.75) is 52.6 Å². The van der Waals surface area contributed by atoms with Gasteiger partial charge in [-0.2, -0.15) is 10.1 Å². The molecule has 2 atom stereocenters. The number of carbonyl (C=O) groups is 1. The van der Waals surface area contributed by atoms with Crippen LogP contribution in [0.1, 0.15) is 42.8 Å². The standard InChI is InChI=1S/C24H34N4O5/c1-16(2)23(30)28(31)22(29)13-27-10-9-24(15-25,33-27)20-5-7-21(8-6-20)32-14-19-11-17(3)26-18(4)12-19/h5-8,11-12,16,23,30-31H,9-10,13-15,25H2,1-4H3/t23-,24?/m1/s1. The van der Waals surface area contributed by atoms with Gasteiger partial charge in [0, 0.05) is 30.4 Å². The third kappa shape index (κ3) is 6.07. The maximum absolute atomic E-state index is 12.3. The van der Waals surface area contributed by atoms with E-state index in [2.05, 4.69) is 4.98 Å². The SMILES string of the molecule is Cc1cc(COc2ccc(C3(CN)CCN(CC(=O)N(O)[C@H](O)C(C)C)O3)cc2)cc(C)n1. The summed E-state index contributed by atoms with van der Waals surface area (Å²) in [5.74, 6) is -0.218. The predicted molar refractivity (Wildman–Crippen MR) is 122 cm³/mol. The molecular formula is C24H34N4O5. The molecule has 33 heavy (non-hydrogen) atoms. The lowest BCUT2D eigenvalue weighted by Crippen LogP contribution is -2.45. The second kappa shape index (κ2) is 10.6. The van der Waals surface area contributed by atoms with Crippen LogP contribution in [0.25, 0.3) is 0 Å². The molecule has 1 aromatic carbocycles. The number of nitrogens with two attached hydrogens (primary N) is 1. The van der Waals surface area contributed by atoms with Crippen LogP contribution in [0.2, 0.25) is 0 Å². The number of aryl methyl sites for hydroxylation is 2. The Morgan fingerprint density at radius 2 is 1.91 bits per heavy atom. The second-order valence-corrected chi connectivity index (χ2v) is 8.87. The van der Waals surface area contributed by atoms with Gasteiger partial charge < -0.3 is 15.6 Å². The Morgan fingerprint density at radius 3 is 2.48 bits per heavy atom. The first kappa shape index (κ1) is 25.1. The highest BCUT2D eigenvalue weighted by Gasteiger charge is 2.41. The molecule has 1 saturated heterocycles. The summed E-state index contributed by atoms with van der Waals surface area (Å²) < 4.78 is 5.92. The highest BCUT2D eigenvalue weighted by Crippen LogP contribution is 2.36. The van der Waals surface area contributed by atoms with Gasteiger partial charge in [-0.3, -0.25) is 19.8 Å². The largest absolute Gasteiger partial charge is 0.489 e. The van der Waals surface area contributed by atoms with Crippen LogP contribution in [0.15, 0.2) is 36.4 Å². The zero-order valence-electron chi connectivity index (χ0n) is 19.7. The lowest BCUT2D eigenvalue weighted by Gasteiger charge is -2.29. The van der Waals surface area contributed by atoms with E-state index >= 15 is 0 Å². The number of aromatic nitrogens is 1. The number of carbonyl (C=O) groups excluding carboxylic acids is 1. The summed E-state index contributed by atoms with van der Waals surface area (Å²) in [7, 11) is 0.